The summed E-state index contributed by atoms with van der Waals surface area (Å²) >= 11 is 0. The molecule has 0 N–H and O–H groups in total. The number of carbonyl (C=O) groups is 1. The smallest absolute Gasteiger partial charge is 0.219 e. The van der Waals surface area contributed by atoms with Gasteiger partial charge in [-0.15, -0.1) is 0 Å². The van der Waals surface area contributed by atoms with Gasteiger partial charge in [-0.2, -0.15) is 4.98 Å². The molecule has 0 saturated carbocycles. The third kappa shape index (κ3) is 3.79. The van der Waals surface area contributed by atoms with E-state index in [2.05, 4.69) is 64.2 Å². The van der Waals surface area contributed by atoms with Crippen LogP contribution in [0.25, 0.3) is 27.8 Å². The zero-order chi connectivity index (χ0) is 25.9. The molecule has 0 atom stereocenters. The molecule has 8 nitrogen and oxygen atoms in total. The van der Waals surface area contributed by atoms with Gasteiger partial charge in [0.25, 0.3) is 0 Å². The molecule has 7 rings (SSSR count). The summed E-state index contributed by atoms with van der Waals surface area (Å²) in [6.45, 7) is 7.35. The highest BCUT2D eigenvalue weighted by Crippen LogP contribution is 2.41. The lowest BCUT2D eigenvalue weighted by Gasteiger charge is -2.60. The average molecular weight is 511 g/mol. The Morgan fingerprint density at radius 1 is 1.00 bits per heavy atom. The monoisotopic (exact) mass is 510 g/mol. The molecule has 0 aliphatic carbocycles. The Morgan fingerprint density at radius 2 is 1.82 bits per heavy atom. The Bertz CT molecular complexity index is 1550. The third-order valence-electron chi connectivity index (χ3n) is 7.96. The molecule has 8 heteroatoms. The quantitative estimate of drug-likeness (QED) is 0.402. The maximum atomic E-state index is 11.5. The van der Waals surface area contributed by atoms with E-state index >= 15 is 0 Å². The minimum Gasteiger partial charge on any atom is -0.486 e. The van der Waals surface area contributed by atoms with Gasteiger partial charge in [-0.1, -0.05) is 18.2 Å². The summed E-state index contributed by atoms with van der Waals surface area (Å²) < 4.78 is 19.3. The van der Waals surface area contributed by atoms with Crippen LogP contribution in [0.2, 0.25) is 0 Å². The zero-order valence-corrected chi connectivity index (χ0v) is 21.6. The van der Waals surface area contributed by atoms with Gasteiger partial charge in [-0.05, 0) is 47.5 Å². The molecule has 3 aliphatic heterocycles. The minimum atomic E-state index is 0.173. The van der Waals surface area contributed by atoms with Gasteiger partial charge < -0.3 is 23.7 Å². The van der Waals surface area contributed by atoms with Crippen LogP contribution in [0.4, 0.5) is 0 Å². The summed E-state index contributed by atoms with van der Waals surface area (Å²) in [7, 11) is 1.68. The van der Waals surface area contributed by atoms with Gasteiger partial charge in [0.05, 0.1) is 12.6 Å². The van der Waals surface area contributed by atoms with Crippen LogP contribution < -0.4 is 14.2 Å². The number of nitrogens with zero attached hydrogens (tertiary/aromatic N) is 4. The van der Waals surface area contributed by atoms with E-state index in [1.165, 1.54) is 0 Å². The van der Waals surface area contributed by atoms with Crippen molar-refractivity contribution in [3.8, 4) is 34.3 Å². The third-order valence-corrected chi connectivity index (χ3v) is 7.96. The van der Waals surface area contributed by atoms with Crippen LogP contribution in [-0.4, -0.2) is 71.8 Å². The van der Waals surface area contributed by atoms with Crippen LogP contribution in [0.1, 0.15) is 12.5 Å². The number of aromatic nitrogens is 2. The maximum absolute atomic E-state index is 11.5. The van der Waals surface area contributed by atoms with Gasteiger partial charge in [0.15, 0.2) is 11.5 Å². The zero-order valence-electron chi connectivity index (χ0n) is 21.6. The first-order chi connectivity index (χ1) is 18.5. The summed E-state index contributed by atoms with van der Waals surface area (Å²) in [5.41, 5.74) is 4.65. The predicted octanol–water partition coefficient (Wildman–Crippen LogP) is 4.14. The second-order valence-electron chi connectivity index (χ2n) is 10.6. The maximum Gasteiger partial charge on any atom is 0.219 e. The van der Waals surface area contributed by atoms with Crippen LogP contribution in [0, 0.1) is 5.41 Å². The minimum absolute atomic E-state index is 0.173. The first kappa shape index (κ1) is 23.1. The number of pyridine rings is 1. The largest absolute Gasteiger partial charge is 0.486 e. The lowest BCUT2D eigenvalue weighted by molar-refractivity contribution is -0.157. The molecule has 38 heavy (non-hydrogen) atoms. The SMILES string of the molecule is COc1nc(-n2ccc3c(-c4ccc5c(c4)OCCO5)cccc32)ccc1CN1CC2(C1)CN(C(C)=O)C2. The van der Waals surface area contributed by atoms with Crippen molar-refractivity contribution in [2.24, 2.45) is 5.41 Å². The van der Waals surface area contributed by atoms with Gasteiger partial charge >= 0.3 is 0 Å². The van der Waals surface area contributed by atoms with Gasteiger partial charge in [0.1, 0.15) is 19.0 Å². The number of rotatable bonds is 5. The highest BCUT2D eigenvalue weighted by Gasteiger charge is 2.52. The number of benzene rings is 2. The number of likely N-dealkylation sites (tertiary alicyclic amines) is 2. The fourth-order valence-corrected chi connectivity index (χ4v) is 6.16. The molecule has 1 amide bonds. The summed E-state index contributed by atoms with van der Waals surface area (Å²) in [5, 5.41) is 1.14. The fraction of sp³-hybridized carbons (Fsp3) is 0.333. The molecular weight excluding hydrogens is 480 g/mol. The number of hydrogen-bond donors (Lipinski definition) is 0. The second-order valence-corrected chi connectivity index (χ2v) is 10.6. The molecule has 194 valence electrons. The van der Waals surface area contributed by atoms with Gasteiger partial charge in [0.2, 0.25) is 11.8 Å². The molecule has 1 spiro atoms. The summed E-state index contributed by atoms with van der Waals surface area (Å²) in [4.78, 5) is 20.8. The van der Waals surface area contributed by atoms with E-state index in [1.54, 1.807) is 14.0 Å². The van der Waals surface area contributed by atoms with Gasteiger partial charge in [-0.25, -0.2) is 0 Å². The van der Waals surface area contributed by atoms with Crippen molar-refractivity contribution < 1.29 is 19.0 Å². The Morgan fingerprint density at radius 3 is 2.61 bits per heavy atom. The van der Waals surface area contributed by atoms with Gasteiger partial charge in [0, 0.05) is 62.2 Å². The predicted molar refractivity (Wildman–Crippen MR) is 144 cm³/mol. The van der Waals surface area contributed by atoms with Crippen molar-refractivity contribution >= 4 is 16.8 Å². The van der Waals surface area contributed by atoms with E-state index < -0.39 is 0 Å². The van der Waals surface area contributed by atoms with Gasteiger partial charge in [-0.3, -0.25) is 9.69 Å². The molecule has 0 unspecified atom stereocenters. The van der Waals surface area contributed by atoms with E-state index in [1.807, 2.05) is 11.0 Å². The molecule has 2 aromatic carbocycles. The number of methoxy groups -OCH3 is 1. The molecule has 0 radical (unpaired) electrons. The molecule has 3 aliphatic rings. The van der Waals surface area contributed by atoms with Crippen molar-refractivity contribution in [3.63, 3.8) is 0 Å². The highest BCUT2D eigenvalue weighted by atomic mass is 16.6. The molecule has 0 bridgehead atoms. The Balaban J connectivity index is 1.13. The molecule has 2 saturated heterocycles. The van der Waals surface area contributed by atoms with E-state index in [-0.39, 0.29) is 11.3 Å². The standard InChI is InChI=1S/C30H30N4O4/c1-20(35)33-18-30(19-33)16-32(17-30)15-22-7-9-28(31-29(22)36-2)34-11-10-24-23(4-3-5-25(24)34)21-6-8-26-27(14-21)38-13-12-37-26/h3-11,14H,12-13,15-19H2,1-2H3. The number of carbonyl (C=O) groups excluding carboxylic acids is 1. The summed E-state index contributed by atoms with van der Waals surface area (Å²) in [6.07, 6.45) is 2.06. The van der Waals surface area contributed by atoms with Crippen LogP contribution >= 0.6 is 0 Å². The number of hydrogen-bond acceptors (Lipinski definition) is 6. The van der Waals surface area contributed by atoms with Crippen LogP contribution in [-0.2, 0) is 11.3 Å². The summed E-state index contributed by atoms with van der Waals surface area (Å²) in [6, 6.07) is 18.7. The Kier molecular flexibility index (Phi) is 5.33. The van der Waals surface area contributed by atoms with E-state index in [0.29, 0.717) is 19.1 Å². The van der Waals surface area contributed by atoms with Crippen LogP contribution in [0.15, 0.2) is 60.8 Å². The normalized spacial score (nSPS) is 17.8. The average Bonchev–Trinajstić information content (AvgIpc) is 3.33. The second kappa shape index (κ2) is 8.77. The first-order valence-corrected chi connectivity index (χ1v) is 13.0. The lowest BCUT2D eigenvalue weighted by Crippen LogP contribution is -2.72. The molecular formula is C30H30N4O4. The summed E-state index contributed by atoms with van der Waals surface area (Å²) in [5.74, 6) is 3.21. The Hall–Kier alpha value is -4.04. The topological polar surface area (TPSA) is 69.1 Å². The van der Waals surface area contributed by atoms with Crippen molar-refractivity contribution in [2.75, 3.05) is 46.5 Å². The fourth-order valence-electron chi connectivity index (χ4n) is 6.16. The lowest BCUT2D eigenvalue weighted by atomic mass is 9.72. The van der Waals surface area contributed by atoms with Crippen LogP contribution in [0.3, 0.4) is 0 Å². The first-order valence-electron chi connectivity index (χ1n) is 13.0. The van der Waals surface area contributed by atoms with Crippen molar-refractivity contribution in [3.05, 3.63) is 66.4 Å². The number of amides is 1. The molecule has 4 aromatic rings. The number of ether oxygens (including phenoxy) is 3. The molecule has 2 aromatic heterocycles. The van der Waals surface area contributed by atoms with Crippen molar-refractivity contribution in [1.29, 1.82) is 0 Å². The van der Waals surface area contributed by atoms with E-state index in [4.69, 9.17) is 19.2 Å². The Labute approximate surface area is 221 Å². The van der Waals surface area contributed by atoms with Crippen molar-refractivity contribution in [1.82, 2.24) is 19.4 Å². The van der Waals surface area contributed by atoms with Crippen molar-refractivity contribution in [2.45, 2.75) is 13.5 Å². The van der Waals surface area contributed by atoms with E-state index in [9.17, 15) is 4.79 Å². The molecule has 5 heterocycles. The molecule has 2 fully saturated rings. The number of fused-ring (bicyclic) bond motifs is 2. The highest BCUT2D eigenvalue weighted by molar-refractivity contribution is 5.96. The van der Waals surface area contributed by atoms with Crippen LogP contribution in [0.5, 0.6) is 17.4 Å². The van der Waals surface area contributed by atoms with E-state index in [0.717, 1.165) is 77.6 Å².